The van der Waals surface area contributed by atoms with Gasteiger partial charge in [0.2, 0.25) is 5.91 Å². The molecule has 0 unspecified atom stereocenters. The molecule has 0 bridgehead atoms. The van der Waals surface area contributed by atoms with Crippen LogP contribution in [0.25, 0.3) is 10.2 Å². The third-order valence-electron chi connectivity index (χ3n) is 5.23. The van der Waals surface area contributed by atoms with E-state index >= 15 is 0 Å². The molecule has 0 aliphatic rings. The molecule has 0 aliphatic carbocycles. The molecule has 0 spiro atoms. The van der Waals surface area contributed by atoms with E-state index < -0.39 is 0 Å². The van der Waals surface area contributed by atoms with Crippen LogP contribution in [0.15, 0.2) is 29.3 Å². The smallest absolute Gasteiger partial charge is 0.256 e. The Balaban J connectivity index is 1.92. The lowest BCUT2D eigenvalue weighted by Crippen LogP contribution is -2.41. The molecular weight excluding hydrogens is 405 g/mol. The van der Waals surface area contributed by atoms with Crippen LogP contribution in [0.1, 0.15) is 25.1 Å². The molecule has 0 saturated heterocycles. The number of hydrogen-bond acceptors (Lipinski definition) is 6. The van der Waals surface area contributed by atoms with Crippen molar-refractivity contribution in [2.45, 2.75) is 34.2 Å². The number of nitrogens with zero attached hydrogens (tertiary/aromatic N) is 5. The van der Waals surface area contributed by atoms with Crippen molar-refractivity contribution in [2.75, 3.05) is 31.1 Å². The van der Waals surface area contributed by atoms with Gasteiger partial charge in [0.15, 0.2) is 5.13 Å². The van der Waals surface area contributed by atoms with Gasteiger partial charge < -0.3 is 4.90 Å². The highest BCUT2D eigenvalue weighted by Gasteiger charge is 2.22. The number of benzene rings is 1. The van der Waals surface area contributed by atoms with Crippen LogP contribution in [0.5, 0.6) is 0 Å². The molecule has 0 fully saturated rings. The van der Waals surface area contributed by atoms with E-state index in [0.717, 1.165) is 13.1 Å². The summed E-state index contributed by atoms with van der Waals surface area (Å²) in [6.07, 6.45) is 1.40. The van der Waals surface area contributed by atoms with Crippen molar-refractivity contribution < 1.29 is 9.18 Å². The van der Waals surface area contributed by atoms with Gasteiger partial charge >= 0.3 is 0 Å². The number of likely N-dealkylation sites (N-methyl/N-ethyl adjacent to an activating group) is 1. The molecular formula is C21H26FN5O2S. The van der Waals surface area contributed by atoms with Gasteiger partial charge in [-0.05, 0) is 45.1 Å². The zero-order valence-corrected chi connectivity index (χ0v) is 18.5. The number of amides is 1. The maximum atomic E-state index is 13.6. The molecule has 3 rings (SSSR count). The number of fused-ring (bicyclic) bond motifs is 1. The number of rotatable bonds is 8. The Kier molecular flexibility index (Phi) is 6.94. The van der Waals surface area contributed by atoms with Gasteiger partial charge in [-0.15, -0.1) is 0 Å². The van der Waals surface area contributed by atoms with Gasteiger partial charge in [0.25, 0.3) is 5.56 Å². The summed E-state index contributed by atoms with van der Waals surface area (Å²) in [6.45, 7) is 10.3. The minimum absolute atomic E-state index is 0.129. The Morgan fingerprint density at radius 1 is 1.20 bits per heavy atom. The number of anilines is 1. The lowest BCUT2D eigenvalue weighted by Gasteiger charge is -2.25. The Morgan fingerprint density at radius 2 is 1.93 bits per heavy atom. The number of aromatic nitrogens is 3. The van der Waals surface area contributed by atoms with E-state index in [1.807, 2.05) is 0 Å². The molecule has 0 saturated carbocycles. The average Bonchev–Trinajstić information content (AvgIpc) is 3.14. The van der Waals surface area contributed by atoms with E-state index in [1.54, 1.807) is 24.8 Å². The Morgan fingerprint density at radius 3 is 2.63 bits per heavy atom. The molecule has 1 aromatic carbocycles. The summed E-state index contributed by atoms with van der Waals surface area (Å²) in [7, 11) is 0. The summed E-state index contributed by atoms with van der Waals surface area (Å²) >= 11 is 1.27. The van der Waals surface area contributed by atoms with E-state index in [9.17, 15) is 14.0 Å². The van der Waals surface area contributed by atoms with Crippen LogP contribution in [0.2, 0.25) is 0 Å². The normalized spacial score (nSPS) is 11.4. The van der Waals surface area contributed by atoms with E-state index in [-0.39, 0.29) is 23.8 Å². The van der Waals surface area contributed by atoms with Crippen LogP contribution >= 0.6 is 11.3 Å². The molecule has 3 aromatic rings. The van der Waals surface area contributed by atoms with Crippen LogP contribution in [-0.2, 0) is 11.3 Å². The second-order valence-electron chi connectivity index (χ2n) is 7.07. The summed E-state index contributed by atoms with van der Waals surface area (Å²) < 4.78 is 15.6. The molecule has 2 heterocycles. The van der Waals surface area contributed by atoms with Crippen molar-refractivity contribution in [1.29, 1.82) is 0 Å². The van der Waals surface area contributed by atoms with Gasteiger partial charge in [0, 0.05) is 24.3 Å². The minimum atomic E-state index is -0.341. The molecule has 2 aromatic heterocycles. The first-order valence-electron chi connectivity index (χ1n) is 9.95. The van der Waals surface area contributed by atoms with Crippen molar-refractivity contribution in [3.8, 4) is 0 Å². The molecule has 7 nitrogen and oxygen atoms in total. The van der Waals surface area contributed by atoms with Crippen molar-refractivity contribution >= 4 is 32.6 Å². The number of thiazole rings is 1. The molecule has 0 aliphatic heterocycles. The van der Waals surface area contributed by atoms with Crippen molar-refractivity contribution in [2.24, 2.45) is 0 Å². The maximum Gasteiger partial charge on any atom is 0.256 e. The number of aryl methyl sites for hydroxylation is 1. The van der Waals surface area contributed by atoms with Gasteiger partial charge in [-0.3, -0.25) is 19.1 Å². The molecule has 30 heavy (non-hydrogen) atoms. The van der Waals surface area contributed by atoms with Crippen LogP contribution in [0.3, 0.4) is 0 Å². The molecule has 0 radical (unpaired) electrons. The van der Waals surface area contributed by atoms with Gasteiger partial charge in [-0.25, -0.2) is 14.4 Å². The van der Waals surface area contributed by atoms with E-state index in [2.05, 4.69) is 28.7 Å². The summed E-state index contributed by atoms with van der Waals surface area (Å²) in [4.78, 5) is 38.2. The highest BCUT2D eigenvalue weighted by atomic mass is 32.1. The predicted octanol–water partition coefficient (Wildman–Crippen LogP) is 2.98. The van der Waals surface area contributed by atoms with E-state index in [1.165, 1.54) is 34.4 Å². The van der Waals surface area contributed by atoms with Crippen molar-refractivity contribution in [1.82, 2.24) is 19.4 Å². The maximum absolute atomic E-state index is 13.6. The number of carbonyl (C=O) groups excluding carboxylic acids is 1. The average molecular weight is 432 g/mol. The third-order valence-corrected chi connectivity index (χ3v) is 6.27. The number of carbonyl (C=O) groups is 1. The first-order valence-corrected chi connectivity index (χ1v) is 10.8. The van der Waals surface area contributed by atoms with Gasteiger partial charge in [0.1, 0.15) is 12.4 Å². The fourth-order valence-electron chi connectivity index (χ4n) is 3.13. The highest BCUT2D eigenvalue weighted by Crippen LogP contribution is 2.29. The first-order chi connectivity index (χ1) is 14.3. The number of halogens is 1. The lowest BCUT2D eigenvalue weighted by atomic mass is 10.3. The summed E-state index contributed by atoms with van der Waals surface area (Å²) in [5.74, 6) is -0.597. The van der Waals surface area contributed by atoms with Crippen LogP contribution in [0, 0.1) is 19.7 Å². The monoisotopic (exact) mass is 431 g/mol. The van der Waals surface area contributed by atoms with Crippen molar-refractivity contribution in [3.63, 3.8) is 0 Å². The zero-order chi connectivity index (χ0) is 21.8. The largest absolute Gasteiger partial charge is 0.302 e. The standard InChI is InChI=1S/C21H26FN5O2S/c1-5-25(6-2)9-10-27(21-24-17-8-7-16(22)11-18(17)30-21)19(28)12-26-13-23-15(4)14(3)20(26)29/h7-8,11,13H,5-6,9-10,12H2,1-4H3. The Labute approximate surface area is 178 Å². The van der Waals surface area contributed by atoms with Crippen LogP contribution in [0.4, 0.5) is 9.52 Å². The molecule has 9 heteroatoms. The second-order valence-corrected chi connectivity index (χ2v) is 8.08. The molecule has 0 N–H and O–H groups in total. The van der Waals surface area contributed by atoms with E-state index in [0.29, 0.717) is 39.7 Å². The predicted molar refractivity (Wildman–Crippen MR) is 118 cm³/mol. The van der Waals surface area contributed by atoms with Crippen LogP contribution in [-0.4, -0.2) is 51.5 Å². The molecule has 1 amide bonds. The quantitative estimate of drug-likeness (QED) is 0.548. The summed E-state index contributed by atoms with van der Waals surface area (Å²) in [5.41, 5.74) is 1.58. The van der Waals surface area contributed by atoms with E-state index in [4.69, 9.17) is 0 Å². The van der Waals surface area contributed by atoms with Crippen molar-refractivity contribution in [3.05, 3.63) is 52.0 Å². The van der Waals surface area contributed by atoms with Gasteiger partial charge in [-0.1, -0.05) is 25.2 Å². The van der Waals surface area contributed by atoms with Crippen LogP contribution < -0.4 is 10.5 Å². The van der Waals surface area contributed by atoms with Gasteiger partial charge in [0.05, 0.1) is 16.5 Å². The highest BCUT2D eigenvalue weighted by molar-refractivity contribution is 7.22. The Bertz CT molecular complexity index is 1110. The minimum Gasteiger partial charge on any atom is -0.302 e. The zero-order valence-electron chi connectivity index (χ0n) is 17.7. The second kappa shape index (κ2) is 9.44. The fraction of sp³-hybridized carbons (Fsp3) is 0.429. The third kappa shape index (κ3) is 4.73. The first kappa shape index (κ1) is 22.0. The summed E-state index contributed by atoms with van der Waals surface area (Å²) in [5, 5.41) is 0.498. The topological polar surface area (TPSA) is 71.3 Å². The SMILES string of the molecule is CCN(CC)CCN(C(=O)Cn1cnc(C)c(C)c1=O)c1nc2ccc(F)cc2s1. The molecule has 0 atom stereocenters. The number of hydrogen-bond donors (Lipinski definition) is 0. The Hall–Kier alpha value is -2.65. The molecule has 160 valence electrons. The fourth-order valence-corrected chi connectivity index (χ4v) is 4.16. The van der Waals surface area contributed by atoms with Gasteiger partial charge in [-0.2, -0.15) is 0 Å². The summed E-state index contributed by atoms with van der Waals surface area (Å²) in [6, 6.07) is 4.38. The lowest BCUT2D eigenvalue weighted by molar-refractivity contribution is -0.119.